The van der Waals surface area contributed by atoms with Crippen LogP contribution in [0.3, 0.4) is 0 Å². The molecule has 3 aromatic rings. The Bertz CT molecular complexity index is 1070. The fourth-order valence-corrected chi connectivity index (χ4v) is 3.77. The third-order valence-electron chi connectivity index (χ3n) is 5.16. The number of benzene rings is 2. The van der Waals surface area contributed by atoms with E-state index in [4.69, 9.17) is 20.8 Å². The molecule has 2 heterocycles. The molecule has 144 valence electrons. The van der Waals surface area contributed by atoms with E-state index in [2.05, 4.69) is 6.07 Å². The Balaban J connectivity index is 1.48. The Morgan fingerprint density at radius 1 is 1.18 bits per heavy atom. The van der Waals surface area contributed by atoms with Crippen LogP contribution in [0.1, 0.15) is 34.2 Å². The molecule has 0 saturated carbocycles. The summed E-state index contributed by atoms with van der Waals surface area (Å²) in [6.45, 7) is 4.50. The Kier molecular flexibility index (Phi) is 4.85. The minimum absolute atomic E-state index is 0.0981. The molecule has 0 N–H and O–H groups in total. The van der Waals surface area contributed by atoms with E-state index in [-0.39, 0.29) is 11.7 Å². The van der Waals surface area contributed by atoms with Gasteiger partial charge in [-0.1, -0.05) is 35.9 Å². The maximum Gasteiger partial charge on any atom is 0.375 e. The van der Waals surface area contributed by atoms with Crippen molar-refractivity contribution in [3.8, 4) is 0 Å². The third kappa shape index (κ3) is 3.38. The van der Waals surface area contributed by atoms with Crippen molar-refractivity contribution in [1.82, 2.24) is 4.90 Å². The van der Waals surface area contributed by atoms with E-state index < -0.39 is 12.1 Å². The number of furan rings is 1. The second-order valence-corrected chi connectivity index (χ2v) is 7.46. The van der Waals surface area contributed by atoms with E-state index in [9.17, 15) is 9.59 Å². The first-order valence-electron chi connectivity index (χ1n) is 9.19. The molecule has 1 aromatic heterocycles. The fourth-order valence-electron chi connectivity index (χ4n) is 3.59. The highest BCUT2D eigenvalue weighted by Crippen LogP contribution is 2.28. The van der Waals surface area contributed by atoms with Crippen LogP contribution in [0.4, 0.5) is 0 Å². The summed E-state index contributed by atoms with van der Waals surface area (Å²) < 4.78 is 11.1. The first-order valence-corrected chi connectivity index (χ1v) is 9.57. The highest BCUT2D eigenvalue weighted by atomic mass is 35.5. The third-order valence-corrected chi connectivity index (χ3v) is 5.39. The molecule has 0 radical (unpaired) electrons. The standard InChI is InChI=1S/C22H20ClNO4/c1-13-18-11-17(23)7-8-19(18)28-20(13)22(26)27-14(2)21(25)24-10-9-15-5-3-4-6-16(15)12-24/h3-8,11,14H,9-10,12H2,1-2H3/t14-/m0/s1. The monoisotopic (exact) mass is 397 g/mol. The number of rotatable bonds is 3. The van der Waals surface area contributed by atoms with Crippen LogP contribution >= 0.6 is 11.6 Å². The first kappa shape index (κ1) is 18.6. The summed E-state index contributed by atoms with van der Waals surface area (Å²) >= 11 is 6.02. The second-order valence-electron chi connectivity index (χ2n) is 7.02. The zero-order chi connectivity index (χ0) is 19.8. The summed E-state index contributed by atoms with van der Waals surface area (Å²) in [6, 6.07) is 13.2. The number of amides is 1. The van der Waals surface area contributed by atoms with Gasteiger partial charge < -0.3 is 14.1 Å². The lowest BCUT2D eigenvalue weighted by Gasteiger charge is -2.30. The molecular formula is C22H20ClNO4. The topological polar surface area (TPSA) is 59.8 Å². The van der Waals surface area contributed by atoms with Crippen molar-refractivity contribution in [2.75, 3.05) is 6.54 Å². The lowest BCUT2D eigenvalue weighted by molar-refractivity contribution is -0.140. The van der Waals surface area contributed by atoms with Crippen molar-refractivity contribution in [3.63, 3.8) is 0 Å². The van der Waals surface area contributed by atoms with Crippen molar-refractivity contribution < 1.29 is 18.7 Å². The lowest BCUT2D eigenvalue weighted by atomic mass is 9.99. The van der Waals surface area contributed by atoms with Gasteiger partial charge in [-0.25, -0.2) is 4.79 Å². The van der Waals surface area contributed by atoms with Gasteiger partial charge in [0.15, 0.2) is 6.10 Å². The Hall–Kier alpha value is -2.79. The first-order chi connectivity index (χ1) is 13.4. The molecule has 5 nitrogen and oxygen atoms in total. The fraction of sp³-hybridized carbons (Fsp3) is 0.273. The van der Waals surface area contributed by atoms with Gasteiger partial charge in [-0.05, 0) is 49.6 Å². The van der Waals surface area contributed by atoms with Gasteiger partial charge in [0.2, 0.25) is 5.76 Å². The van der Waals surface area contributed by atoms with Gasteiger partial charge in [0.25, 0.3) is 5.91 Å². The lowest BCUT2D eigenvalue weighted by Crippen LogP contribution is -2.42. The summed E-state index contributed by atoms with van der Waals surface area (Å²) in [6.07, 6.45) is -0.0968. The summed E-state index contributed by atoms with van der Waals surface area (Å²) in [7, 11) is 0. The van der Waals surface area contributed by atoms with Crippen LogP contribution in [0.5, 0.6) is 0 Å². The van der Waals surface area contributed by atoms with E-state index >= 15 is 0 Å². The molecule has 4 rings (SSSR count). The van der Waals surface area contributed by atoms with Crippen LogP contribution in [-0.4, -0.2) is 29.4 Å². The van der Waals surface area contributed by atoms with Gasteiger partial charge >= 0.3 is 5.97 Å². The van der Waals surface area contributed by atoms with Crippen molar-refractivity contribution in [1.29, 1.82) is 0 Å². The molecule has 0 aliphatic carbocycles. The van der Waals surface area contributed by atoms with Crippen LogP contribution < -0.4 is 0 Å². The van der Waals surface area contributed by atoms with E-state index in [0.29, 0.717) is 29.3 Å². The average Bonchev–Trinajstić information content (AvgIpc) is 3.03. The number of fused-ring (bicyclic) bond motifs is 2. The molecule has 1 amide bonds. The zero-order valence-corrected chi connectivity index (χ0v) is 16.5. The van der Waals surface area contributed by atoms with Crippen molar-refractivity contribution in [3.05, 3.63) is 69.9 Å². The van der Waals surface area contributed by atoms with E-state index in [1.165, 1.54) is 5.56 Å². The van der Waals surface area contributed by atoms with Crippen molar-refractivity contribution in [2.45, 2.75) is 32.9 Å². The van der Waals surface area contributed by atoms with Gasteiger partial charge in [-0.3, -0.25) is 4.79 Å². The molecule has 6 heteroatoms. The van der Waals surface area contributed by atoms with E-state index in [0.717, 1.165) is 17.4 Å². The number of carbonyl (C=O) groups is 2. The molecule has 0 saturated heterocycles. The molecule has 0 fully saturated rings. The smallest absolute Gasteiger partial charge is 0.375 e. The normalized spacial score (nSPS) is 14.6. The van der Waals surface area contributed by atoms with Gasteiger partial charge in [-0.2, -0.15) is 0 Å². The molecule has 2 aromatic carbocycles. The molecule has 0 bridgehead atoms. The predicted octanol–water partition coefficient (Wildman–Crippen LogP) is 4.52. The molecule has 1 aliphatic heterocycles. The molecule has 1 atom stereocenters. The Morgan fingerprint density at radius 2 is 1.93 bits per heavy atom. The summed E-state index contributed by atoms with van der Waals surface area (Å²) in [5.74, 6) is -0.761. The highest BCUT2D eigenvalue weighted by Gasteiger charge is 2.29. The minimum Gasteiger partial charge on any atom is -0.449 e. The van der Waals surface area contributed by atoms with Crippen LogP contribution in [-0.2, 0) is 22.5 Å². The second kappa shape index (κ2) is 7.32. The number of carbonyl (C=O) groups excluding carboxylic acids is 2. The van der Waals surface area contributed by atoms with Crippen LogP contribution in [0.2, 0.25) is 5.02 Å². The summed E-state index contributed by atoms with van der Waals surface area (Å²) in [4.78, 5) is 27.1. The van der Waals surface area contributed by atoms with Gasteiger partial charge in [0.05, 0.1) is 0 Å². The Labute approximate surface area is 167 Å². The number of hydrogen-bond acceptors (Lipinski definition) is 4. The van der Waals surface area contributed by atoms with Gasteiger partial charge in [-0.15, -0.1) is 0 Å². The number of halogens is 1. The molecule has 1 aliphatic rings. The largest absolute Gasteiger partial charge is 0.449 e. The maximum absolute atomic E-state index is 12.8. The van der Waals surface area contributed by atoms with Gasteiger partial charge in [0, 0.05) is 29.1 Å². The molecule has 28 heavy (non-hydrogen) atoms. The summed E-state index contributed by atoms with van der Waals surface area (Å²) in [5.41, 5.74) is 3.59. The van der Waals surface area contributed by atoms with E-state index in [1.807, 2.05) is 18.2 Å². The van der Waals surface area contributed by atoms with Gasteiger partial charge in [0.1, 0.15) is 5.58 Å². The number of ether oxygens (including phenoxy) is 1. The molecular weight excluding hydrogens is 378 g/mol. The highest BCUT2D eigenvalue weighted by molar-refractivity contribution is 6.31. The number of hydrogen-bond donors (Lipinski definition) is 0. The van der Waals surface area contributed by atoms with Crippen LogP contribution in [0.25, 0.3) is 11.0 Å². The Morgan fingerprint density at radius 3 is 2.71 bits per heavy atom. The average molecular weight is 398 g/mol. The van der Waals surface area contributed by atoms with Crippen molar-refractivity contribution >= 4 is 34.4 Å². The van der Waals surface area contributed by atoms with Crippen LogP contribution in [0.15, 0.2) is 46.9 Å². The zero-order valence-electron chi connectivity index (χ0n) is 15.7. The minimum atomic E-state index is -0.894. The van der Waals surface area contributed by atoms with E-state index in [1.54, 1.807) is 36.9 Å². The van der Waals surface area contributed by atoms with Crippen LogP contribution in [0, 0.1) is 6.92 Å². The SMILES string of the molecule is Cc1c(C(=O)O[C@@H](C)C(=O)N2CCc3ccccc3C2)oc2ccc(Cl)cc12. The number of esters is 1. The predicted molar refractivity (Wildman–Crippen MR) is 106 cm³/mol. The molecule has 0 spiro atoms. The van der Waals surface area contributed by atoms with Crippen molar-refractivity contribution in [2.24, 2.45) is 0 Å². The number of aryl methyl sites for hydroxylation is 1. The maximum atomic E-state index is 12.8. The molecule has 0 unspecified atom stereocenters. The summed E-state index contributed by atoms with van der Waals surface area (Å²) in [5, 5.41) is 1.32. The number of nitrogens with zero attached hydrogens (tertiary/aromatic N) is 1. The quantitative estimate of drug-likeness (QED) is 0.609.